The molecule has 2 aliphatic carbocycles. The zero-order valence-corrected chi connectivity index (χ0v) is 20.8. The minimum Gasteiger partial charge on any atom is -0.493 e. The van der Waals surface area contributed by atoms with Crippen LogP contribution in [0.2, 0.25) is 0 Å². The fourth-order valence-corrected chi connectivity index (χ4v) is 5.57. The van der Waals surface area contributed by atoms with Crippen LogP contribution in [0.3, 0.4) is 0 Å². The van der Waals surface area contributed by atoms with Crippen LogP contribution in [0.25, 0.3) is 11.3 Å². The van der Waals surface area contributed by atoms with Crippen molar-refractivity contribution in [3.63, 3.8) is 0 Å². The van der Waals surface area contributed by atoms with E-state index in [4.69, 9.17) is 9.88 Å². The molecule has 1 aromatic carbocycles. The van der Waals surface area contributed by atoms with Gasteiger partial charge in [0.05, 0.1) is 6.61 Å². The molecule has 0 aliphatic heterocycles. The largest absolute Gasteiger partial charge is 0.493 e. The first-order chi connectivity index (χ1) is 15.0. The molecule has 0 bridgehead atoms. The number of benzene rings is 1. The maximum Gasteiger partial charge on any atom is 0.239 e. The predicted octanol–water partition coefficient (Wildman–Crippen LogP) is 5.78. The van der Waals surface area contributed by atoms with Gasteiger partial charge in [-0.2, -0.15) is 0 Å². The van der Waals surface area contributed by atoms with Gasteiger partial charge in [0.25, 0.3) is 0 Å². The molecule has 0 saturated heterocycles. The SMILES string of the molecule is Cc1c(S(N)(=O)=O)cc(-c2cc(OCC3CC3)cc(C(C)(C)C)c2)n1CC1CCCCC1. The zero-order chi connectivity index (χ0) is 23.1. The minimum atomic E-state index is -3.80. The van der Waals surface area contributed by atoms with Crippen molar-refractivity contribution in [1.82, 2.24) is 4.57 Å². The molecule has 2 aromatic rings. The number of sulfonamides is 1. The molecule has 4 rings (SSSR count). The Balaban J connectivity index is 1.80. The molecule has 2 saturated carbocycles. The van der Waals surface area contributed by atoms with Gasteiger partial charge in [-0.15, -0.1) is 0 Å². The molecule has 0 amide bonds. The van der Waals surface area contributed by atoms with Gasteiger partial charge in [-0.3, -0.25) is 0 Å². The summed E-state index contributed by atoms with van der Waals surface area (Å²) in [4.78, 5) is 0.227. The van der Waals surface area contributed by atoms with Crippen LogP contribution in [0, 0.1) is 18.8 Å². The first kappa shape index (κ1) is 23.4. The lowest BCUT2D eigenvalue weighted by atomic mass is 9.85. The second kappa shape index (κ2) is 8.86. The van der Waals surface area contributed by atoms with Crippen LogP contribution in [0.4, 0.5) is 0 Å². The molecule has 1 aromatic heterocycles. The van der Waals surface area contributed by atoms with Gasteiger partial charge in [0.2, 0.25) is 10.0 Å². The highest BCUT2D eigenvalue weighted by molar-refractivity contribution is 7.89. The lowest BCUT2D eigenvalue weighted by Crippen LogP contribution is -2.17. The summed E-state index contributed by atoms with van der Waals surface area (Å²) in [6.45, 7) is 10.0. The third kappa shape index (κ3) is 5.40. The van der Waals surface area contributed by atoms with Gasteiger partial charge in [0.15, 0.2) is 0 Å². The van der Waals surface area contributed by atoms with E-state index in [0.29, 0.717) is 11.8 Å². The molecular formula is C26H38N2O3S. The summed E-state index contributed by atoms with van der Waals surface area (Å²) < 4.78 is 33.1. The molecule has 2 N–H and O–H groups in total. The number of ether oxygens (including phenoxy) is 1. The van der Waals surface area contributed by atoms with E-state index < -0.39 is 10.0 Å². The summed E-state index contributed by atoms with van der Waals surface area (Å²) >= 11 is 0. The van der Waals surface area contributed by atoms with Crippen LogP contribution in [-0.4, -0.2) is 19.6 Å². The third-order valence-corrected chi connectivity index (χ3v) is 8.07. The Hall–Kier alpha value is -1.79. The Bertz CT molecular complexity index is 1070. The van der Waals surface area contributed by atoms with Crippen molar-refractivity contribution in [2.75, 3.05) is 6.61 Å². The molecule has 1 heterocycles. The predicted molar refractivity (Wildman–Crippen MR) is 129 cm³/mol. The van der Waals surface area contributed by atoms with E-state index in [1.807, 2.05) is 6.92 Å². The van der Waals surface area contributed by atoms with Gasteiger partial charge in [-0.1, -0.05) is 40.0 Å². The van der Waals surface area contributed by atoms with Gasteiger partial charge in [-0.05, 0) is 79.7 Å². The van der Waals surface area contributed by atoms with E-state index >= 15 is 0 Å². The zero-order valence-electron chi connectivity index (χ0n) is 20.0. The molecular weight excluding hydrogens is 420 g/mol. The fourth-order valence-electron chi connectivity index (χ4n) is 4.77. The van der Waals surface area contributed by atoms with Crippen LogP contribution in [0.15, 0.2) is 29.2 Å². The molecule has 0 spiro atoms. The Morgan fingerprint density at radius 1 is 1.00 bits per heavy atom. The molecule has 32 heavy (non-hydrogen) atoms. The number of hydrogen-bond acceptors (Lipinski definition) is 3. The van der Waals surface area contributed by atoms with Crippen LogP contribution < -0.4 is 9.88 Å². The Labute approximate surface area is 193 Å². The first-order valence-corrected chi connectivity index (χ1v) is 13.6. The monoisotopic (exact) mass is 458 g/mol. The summed E-state index contributed by atoms with van der Waals surface area (Å²) in [5.41, 5.74) is 3.78. The van der Waals surface area contributed by atoms with Crippen molar-refractivity contribution in [2.45, 2.75) is 89.5 Å². The second-order valence-corrected chi connectivity index (χ2v) is 12.4. The average molecular weight is 459 g/mol. The highest BCUT2D eigenvalue weighted by Gasteiger charge is 2.26. The Morgan fingerprint density at radius 3 is 2.28 bits per heavy atom. The van der Waals surface area contributed by atoms with E-state index in [9.17, 15) is 8.42 Å². The quantitative estimate of drug-likeness (QED) is 0.572. The number of nitrogens with two attached hydrogens (primary N) is 1. The normalized spacial score (nSPS) is 18.2. The van der Waals surface area contributed by atoms with E-state index in [-0.39, 0.29) is 10.3 Å². The Morgan fingerprint density at radius 2 is 1.69 bits per heavy atom. The molecule has 2 fully saturated rings. The van der Waals surface area contributed by atoms with Crippen molar-refractivity contribution in [1.29, 1.82) is 0 Å². The van der Waals surface area contributed by atoms with Crippen molar-refractivity contribution in [2.24, 2.45) is 17.0 Å². The van der Waals surface area contributed by atoms with E-state index in [1.54, 1.807) is 6.07 Å². The van der Waals surface area contributed by atoms with Crippen LogP contribution in [0.1, 0.15) is 77.0 Å². The molecule has 6 heteroatoms. The molecule has 0 atom stereocenters. The van der Waals surface area contributed by atoms with Gasteiger partial charge in [0, 0.05) is 23.5 Å². The van der Waals surface area contributed by atoms with Gasteiger partial charge in [-0.25, -0.2) is 13.6 Å². The molecule has 176 valence electrons. The number of hydrogen-bond donors (Lipinski definition) is 1. The second-order valence-electron chi connectivity index (χ2n) is 10.9. The highest BCUT2D eigenvalue weighted by atomic mass is 32.2. The maximum absolute atomic E-state index is 12.4. The van der Waals surface area contributed by atoms with E-state index in [1.165, 1.54) is 50.5 Å². The van der Waals surface area contributed by atoms with Crippen LogP contribution in [0.5, 0.6) is 5.75 Å². The molecule has 0 radical (unpaired) electrons. The lowest BCUT2D eigenvalue weighted by Gasteiger charge is -2.25. The summed E-state index contributed by atoms with van der Waals surface area (Å²) in [6, 6.07) is 8.15. The smallest absolute Gasteiger partial charge is 0.239 e. The van der Waals surface area contributed by atoms with Crippen molar-refractivity contribution >= 4 is 10.0 Å². The van der Waals surface area contributed by atoms with Crippen molar-refractivity contribution < 1.29 is 13.2 Å². The van der Waals surface area contributed by atoms with Crippen molar-refractivity contribution in [3.8, 4) is 17.0 Å². The van der Waals surface area contributed by atoms with E-state index in [0.717, 1.165) is 35.9 Å². The van der Waals surface area contributed by atoms with E-state index in [2.05, 4.69) is 43.5 Å². The average Bonchev–Trinajstić information content (AvgIpc) is 3.49. The van der Waals surface area contributed by atoms with Crippen molar-refractivity contribution in [3.05, 3.63) is 35.5 Å². The minimum absolute atomic E-state index is 0.0493. The van der Waals surface area contributed by atoms with Crippen LogP contribution >= 0.6 is 0 Å². The number of aromatic nitrogens is 1. The standard InChI is InChI=1S/C26H38N2O3S/c1-18-25(32(27,29)30)15-24(28(18)16-19-8-6-5-7-9-19)21-12-22(26(2,3)4)14-23(13-21)31-17-20-10-11-20/h12-15,19-20H,5-11,16-17H2,1-4H3,(H2,27,29,30). The summed E-state index contributed by atoms with van der Waals surface area (Å²) in [6.07, 6.45) is 8.67. The summed E-state index contributed by atoms with van der Waals surface area (Å²) in [7, 11) is -3.80. The maximum atomic E-state index is 12.4. The lowest BCUT2D eigenvalue weighted by molar-refractivity contribution is 0.299. The fraction of sp³-hybridized carbons (Fsp3) is 0.615. The topological polar surface area (TPSA) is 74.3 Å². The molecule has 2 aliphatic rings. The first-order valence-electron chi connectivity index (χ1n) is 12.0. The van der Waals surface area contributed by atoms with Gasteiger partial charge in [0.1, 0.15) is 10.6 Å². The Kier molecular flexibility index (Phi) is 6.47. The number of primary sulfonamides is 1. The highest BCUT2D eigenvalue weighted by Crippen LogP contribution is 2.37. The number of rotatable bonds is 7. The summed E-state index contributed by atoms with van der Waals surface area (Å²) in [5.74, 6) is 2.10. The third-order valence-electron chi connectivity index (χ3n) is 7.04. The summed E-state index contributed by atoms with van der Waals surface area (Å²) in [5, 5.41) is 5.60. The molecule has 5 nitrogen and oxygen atoms in total. The van der Waals surface area contributed by atoms with Gasteiger partial charge >= 0.3 is 0 Å². The number of nitrogens with zero attached hydrogens (tertiary/aromatic N) is 1. The van der Waals surface area contributed by atoms with Gasteiger partial charge < -0.3 is 9.30 Å². The molecule has 0 unspecified atom stereocenters. The van der Waals surface area contributed by atoms with Crippen LogP contribution in [-0.2, 0) is 22.0 Å².